The molecule has 0 amide bonds. The molecule has 0 aromatic heterocycles. The first-order valence-corrected chi connectivity index (χ1v) is 5.97. The number of nitrogen functional groups attached to an aromatic ring is 1. The monoisotopic (exact) mass is 199 g/mol. The average molecular weight is 199 g/mol. The van der Waals surface area contributed by atoms with Crippen LogP contribution < -0.4 is 5.73 Å². The third-order valence-corrected chi connectivity index (χ3v) is 2.63. The molecule has 0 unspecified atom stereocenters. The summed E-state index contributed by atoms with van der Waals surface area (Å²) in [6.07, 6.45) is 1.21. The smallest absolute Gasteiger partial charge is 0.151 e. The van der Waals surface area contributed by atoms with Gasteiger partial charge in [-0.05, 0) is 24.1 Å². The Morgan fingerprint density at radius 2 is 2.00 bits per heavy atom. The van der Waals surface area contributed by atoms with Crippen molar-refractivity contribution in [3.05, 3.63) is 29.3 Å². The largest absolute Gasteiger partial charge is 0.399 e. The minimum atomic E-state index is -2.96. The summed E-state index contributed by atoms with van der Waals surface area (Å²) >= 11 is 0. The summed E-state index contributed by atoms with van der Waals surface area (Å²) in [7, 11) is -2.96. The summed E-state index contributed by atoms with van der Waals surface area (Å²) in [6, 6.07) is 5.32. The molecular weight excluding hydrogens is 186 g/mol. The summed E-state index contributed by atoms with van der Waals surface area (Å²) in [5, 5.41) is 0. The normalized spacial score (nSPS) is 11.5. The van der Waals surface area contributed by atoms with E-state index < -0.39 is 9.84 Å². The molecule has 13 heavy (non-hydrogen) atoms. The standard InChI is InChI=1S/C9H13NO2S/c1-7-3-4-8(5-9(7)10)6-13(2,11)12/h3-5H,6,10H2,1-2H3. The summed E-state index contributed by atoms with van der Waals surface area (Å²) in [6.45, 7) is 1.89. The Morgan fingerprint density at radius 3 is 2.46 bits per heavy atom. The Balaban J connectivity index is 2.99. The van der Waals surface area contributed by atoms with Gasteiger partial charge in [-0.1, -0.05) is 12.1 Å². The molecule has 0 spiro atoms. The maximum atomic E-state index is 11.0. The molecule has 0 heterocycles. The molecule has 0 bridgehead atoms. The van der Waals surface area contributed by atoms with Crippen LogP contribution in [0.25, 0.3) is 0 Å². The van der Waals surface area contributed by atoms with Crippen molar-refractivity contribution in [2.45, 2.75) is 12.7 Å². The Hall–Kier alpha value is -1.03. The van der Waals surface area contributed by atoms with Crippen molar-refractivity contribution in [3.63, 3.8) is 0 Å². The van der Waals surface area contributed by atoms with Crippen LogP contribution in [-0.2, 0) is 15.6 Å². The van der Waals surface area contributed by atoms with E-state index in [-0.39, 0.29) is 5.75 Å². The number of nitrogens with two attached hydrogens (primary N) is 1. The molecule has 0 aliphatic carbocycles. The van der Waals surface area contributed by atoms with Gasteiger partial charge in [0.1, 0.15) is 0 Å². The number of anilines is 1. The highest BCUT2D eigenvalue weighted by Crippen LogP contribution is 2.14. The minimum absolute atomic E-state index is 0.0531. The van der Waals surface area contributed by atoms with Gasteiger partial charge in [-0.25, -0.2) is 8.42 Å². The van der Waals surface area contributed by atoms with Gasteiger partial charge in [0.15, 0.2) is 9.84 Å². The zero-order valence-electron chi connectivity index (χ0n) is 7.74. The fraction of sp³-hybridized carbons (Fsp3) is 0.333. The summed E-state index contributed by atoms with van der Waals surface area (Å²) in [5.41, 5.74) is 8.00. The van der Waals surface area contributed by atoms with Crippen molar-refractivity contribution < 1.29 is 8.42 Å². The molecule has 0 saturated heterocycles. The van der Waals surface area contributed by atoms with Crippen LogP contribution in [0.2, 0.25) is 0 Å². The van der Waals surface area contributed by atoms with Crippen molar-refractivity contribution in [3.8, 4) is 0 Å². The van der Waals surface area contributed by atoms with Gasteiger partial charge in [0.2, 0.25) is 0 Å². The first-order valence-electron chi connectivity index (χ1n) is 3.91. The van der Waals surface area contributed by atoms with E-state index in [9.17, 15) is 8.42 Å². The Labute approximate surface area is 78.5 Å². The van der Waals surface area contributed by atoms with Gasteiger partial charge in [0.05, 0.1) is 5.75 Å². The van der Waals surface area contributed by atoms with E-state index in [1.807, 2.05) is 13.0 Å². The van der Waals surface area contributed by atoms with Gasteiger partial charge in [-0.3, -0.25) is 0 Å². The molecule has 0 aliphatic rings. The van der Waals surface area contributed by atoms with Crippen molar-refractivity contribution in [2.24, 2.45) is 0 Å². The fourth-order valence-electron chi connectivity index (χ4n) is 1.08. The van der Waals surface area contributed by atoms with Crippen LogP contribution >= 0.6 is 0 Å². The van der Waals surface area contributed by atoms with E-state index >= 15 is 0 Å². The van der Waals surface area contributed by atoms with E-state index in [0.29, 0.717) is 5.69 Å². The van der Waals surface area contributed by atoms with Crippen LogP contribution in [-0.4, -0.2) is 14.7 Å². The first kappa shape index (κ1) is 10.1. The summed E-state index contributed by atoms with van der Waals surface area (Å²) < 4.78 is 21.9. The summed E-state index contributed by atoms with van der Waals surface area (Å²) in [4.78, 5) is 0. The van der Waals surface area contributed by atoms with Gasteiger partial charge in [-0.15, -0.1) is 0 Å². The quantitative estimate of drug-likeness (QED) is 0.726. The molecular formula is C9H13NO2S. The molecule has 72 valence electrons. The molecule has 0 radical (unpaired) electrons. The molecule has 0 atom stereocenters. The van der Waals surface area contributed by atoms with E-state index in [4.69, 9.17) is 5.73 Å². The van der Waals surface area contributed by atoms with Gasteiger partial charge < -0.3 is 5.73 Å². The van der Waals surface area contributed by atoms with E-state index in [1.165, 1.54) is 6.26 Å². The highest BCUT2D eigenvalue weighted by molar-refractivity contribution is 7.89. The highest BCUT2D eigenvalue weighted by atomic mass is 32.2. The SMILES string of the molecule is Cc1ccc(CS(C)(=O)=O)cc1N. The number of hydrogen-bond donors (Lipinski definition) is 1. The van der Waals surface area contributed by atoms with Gasteiger partial charge in [0.25, 0.3) is 0 Å². The Kier molecular flexibility index (Phi) is 2.61. The maximum Gasteiger partial charge on any atom is 0.151 e. The van der Waals surface area contributed by atoms with Crippen LogP contribution in [0.1, 0.15) is 11.1 Å². The Morgan fingerprint density at radius 1 is 1.38 bits per heavy atom. The van der Waals surface area contributed by atoms with E-state index in [0.717, 1.165) is 11.1 Å². The molecule has 1 rings (SSSR count). The molecule has 1 aromatic carbocycles. The van der Waals surface area contributed by atoms with E-state index in [1.54, 1.807) is 12.1 Å². The van der Waals surface area contributed by atoms with Gasteiger partial charge in [0, 0.05) is 11.9 Å². The molecule has 4 heteroatoms. The second kappa shape index (κ2) is 3.38. The third-order valence-electron chi connectivity index (χ3n) is 1.77. The Bertz CT molecular complexity index is 410. The van der Waals surface area contributed by atoms with Crippen LogP contribution in [0, 0.1) is 6.92 Å². The van der Waals surface area contributed by atoms with Gasteiger partial charge >= 0.3 is 0 Å². The fourth-order valence-corrected chi connectivity index (χ4v) is 1.87. The second-order valence-electron chi connectivity index (χ2n) is 3.26. The van der Waals surface area contributed by atoms with Crippen molar-refractivity contribution in [2.75, 3.05) is 12.0 Å². The van der Waals surface area contributed by atoms with Crippen molar-refractivity contribution in [1.82, 2.24) is 0 Å². The lowest BCUT2D eigenvalue weighted by molar-refractivity contribution is 0.601. The molecule has 2 N–H and O–H groups in total. The second-order valence-corrected chi connectivity index (χ2v) is 5.40. The maximum absolute atomic E-state index is 11.0. The molecule has 1 aromatic rings. The van der Waals surface area contributed by atoms with Crippen molar-refractivity contribution >= 4 is 15.5 Å². The minimum Gasteiger partial charge on any atom is -0.399 e. The van der Waals surface area contributed by atoms with Crippen molar-refractivity contribution in [1.29, 1.82) is 0 Å². The lowest BCUT2D eigenvalue weighted by Gasteiger charge is -2.03. The summed E-state index contributed by atoms with van der Waals surface area (Å²) in [5.74, 6) is 0.0531. The number of benzene rings is 1. The third kappa shape index (κ3) is 3.06. The molecule has 0 fully saturated rings. The zero-order valence-corrected chi connectivity index (χ0v) is 8.56. The first-order chi connectivity index (χ1) is 5.88. The van der Waals surface area contributed by atoms with Crippen LogP contribution in [0.5, 0.6) is 0 Å². The average Bonchev–Trinajstić information content (AvgIpc) is 1.94. The van der Waals surface area contributed by atoms with Crippen LogP contribution in [0.3, 0.4) is 0 Å². The van der Waals surface area contributed by atoms with Crippen LogP contribution in [0.4, 0.5) is 5.69 Å². The number of sulfone groups is 1. The predicted molar refractivity (Wildman–Crippen MR) is 54.1 cm³/mol. The van der Waals surface area contributed by atoms with Gasteiger partial charge in [-0.2, -0.15) is 0 Å². The highest BCUT2D eigenvalue weighted by Gasteiger charge is 2.04. The lowest BCUT2D eigenvalue weighted by atomic mass is 10.1. The predicted octanol–water partition coefficient (Wildman–Crippen LogP) is 1.12. The number of hydrogen-bond acceptors (Lipinski definition) is 3. The number of aryl methyl sites for hydroxylation is 1. The molecule has 0 saturated carbocycles. The number of rotatable bonds is 2. The van der Waals surface area contributed by atoms with E-state index in [2.05, 4.69) is 0 Å². The lowest BCUT2D eigenvalue weighted by Crippen LogP contribution is -2.01. The van der Waals surface area contributed by atoms with Crippen LogP contribution in [0.15, 0.2) is 18.2 Å². The molecule has 3 nitrogen and oxygen atoms in total. The molecule has 0 aliphatic heterocycles. The zero-order chi connectivity index (χ0) is 10.1. The topological polar surface area (TPSA) is 60.2 Å².